The van der Waals surface area contributed by atoms with Gasteiger partial charge in [-0.1, -0.05) is 23.4 Å². The Labute approximate surface area is 150 Å². The van der Waals surface area contributed by atoms with Gasteiger partial charge in [-0.05, 0) is 25.1 Å². The van der Waals surface area contributed by atoms with Crippen LogP contribution in [0.4, 0.5) is 0 Å². The Morgan fingerprint density at radius 2 is 2.00 bits per heavy atom. The highest BCUT2D eigenvalue weighted by Gasteiger charge is 2.20. The zero-order valence-electron chi connectivity index (χ0n) is 14.7. The summed E-state index contributed by atoms with van der Waals surface area (Å²) >= 11 is 0. The van der Waals surface area contributed by atoms with Gasteiger partial charge in [0.2, 0.25) is 0 Å². The number of carbonyl (C=O) groups excluding carboxylic acids is 2. The molecule has 1 aromatic carbocycles. The molecule has 0 fully saturated rings. The number of carbonyl (C=O) groups is 2. The lowest BCUT2D eigenvalue weighted by Crippen LogP contribution is -2.26. The molecule has 0 atom stereocenters. The standard InChI is InChI=1S/C18H18N4O4/c1-12-15(18(24)25-3)9-14(26-12)10-21(2)17(23)16-11-22(20-19-16)13-7-5-4-6-8-13/h4-9,11H,10H2,1-3H3. The second-order valence-corrected chi connectivity index (χ2v) is 5.72. The number of methoxy groups -OCH3 is 1. The number of furan rings is 1. The quantitative estimate of drug-likeness (QED) is 0.653. The van der Waals surface area contributed by atoms with Gasteiger partial charge in [-0.15, -0.1) is 5.10 Å². The summed E-state index contributed by atoms with van der Waals surface area (Å²) in [6.07, 6.45) is 1.57. The summed E-state index contributed by atoms with van der Waals surface area (Å²) in [7, 11) is 2.93. The van der Waals surface area contributed by atoms with Crippen LogP contribution >= 0.6 is 0 Å². The summed E-state index contributed by atoms with van der Waals surface area (Å²) < 4.78 is 11.8. The van der Waals surface area contributed by atoms with Crippen molar-refractivity contribution in [1.29, 1.82) is 0 Å². The Balaban J connectivity index is 1.73. The molecule has 8 nitrogen and oxygen atoms in total. The predicted octanol–water partition coefficient (Wildman–Crippen LogP) is 2.23. The van der Waals surface area contributed by atoms with E-state index in [0.717, 1.165) is 5.69 Å². The number of nitrogens with zero attached hydrogens (tertiary/aromatic N) is 4. The maximum Gasteiger partial charge on any atom is 0.341 e. The molecule has 3 aromatic rings. The van der Waals surface area contributed by atoms with Crippen LogP contribution in [-0.2, 0) is 11.3 Å². The van der Waals surface area contributed by atoms with Crippen molar-refractivity contribution in [3.63, 3.8) is 0 Å². The Morgan fingerprint density at radius 3 is 2.69 bits per heavy atom. The topological polar surface area (TPSA) is 90.5 Å². The molecule has 3 rings (SSSR count). The van der Waals surface area contributed by atoms with Crippen molar-refractivity contribution >= 4 is 11.9 Å². The first-order valence-corrected chi connectivity index (χ1v) is 7.90. The largest absolute Gasteiger partial charge is 0.465 e. The molecule has 0 N–H and O–H groups in total. The monoisotopic (exact) mass is 354 g/mol. The summed E-state index contributed by atoms with van der Waals surface area (Å²) in [5.74, 6) is 0.148. The van der Waals surface area contributed by atoms with Gasteiger partial charge in [-0.3, -0.25) is 4.79 Å². The predicted molar refractivity (Wildman–Crippen MR) is 91.9 cm³/mol. The molecule has 134 valence electrons. The number of amides is 1. The van der Waals surface area contributed by atoms with Gasteiger partial charge in [0, 0.05) is 7.05 Å². The van der Waals surface area contributed by atoms with Crippen molar-refractivity contribution in [1.82, 2.24) is 19.9 Å². The SMILES string of the molecule is COC(=O)c1cc(CN(C)C(=O)c2cn(-c3ccccc3)nn2)oc1C. The van der Waals surface area contributed by atoms with Gasteiger partial charge in [0.15, 0.2) is 5.69 Å². The summed E-state index contributed by atoms with van der Waals surface area (Å²) in [5.41, 5.74) is 1.37. The summed E-state index contributed by atoms with van der Waals surface area (Å²) in [4.78, 5) is 25.6. The molecule has 0 unspecified atom stereocenters. The lowest BCUT2D eigenvalue weighted by atomic mass is 10.2. The van der Waals surface area contributed by atoms with Crippen molar-refractivity contribution in [2.75, 3.05) is 14.2 Å². The van der Waals surface area contributed by atoms with Crippen molar-refractivity contribution in [3.05, 3.63) is 65.4 Å². The van der Waals surface area contributed by atoms with Gasteiger partial charge in [0.05, 0.1) is 25.5 Å². The molecule has 0 aliphatic carbocycles. The van der Waals surface area contributed by atoms with Crippen molar-refractivity contribution in [2.24, 2.45) is 0 Å². The molecule has 0 radical (unpaired) electrons. The van der Waals surface area contributed by atoms with E-state index >= 15 is 0 Å². The third kappa shape index (κ3) is 3.49. The Bertz CT molecular complexity index is 930. The molecule has 0 aliphatic heterocycles. The number of hydrogen-bond acceptors (Lipinski definition) is 6. The minimum Gasteiger partial charge on any atom is -0.465 e. The van der Waals surface area contributed by atoms with Crippen LogP contribution in [0.5, 0.6) is 0 Å². The average molecular weight is 354 g/mol. The van der Waals surface area contributed by atoms with E-state index in [2.05, 4.69) is 10.3 Å². The average Bonchev–Trinajstić information content (AvgIpc) is 3.28. The second kappa shape index (κ2) is 7.22. The van der Waals surface area contributed by atoms with E-state index < -0.39 is 5.97 Å². The van der Waals surface area contributed by atoms with Crippen LogP contribution in [0.25, 0.3) is 5.69 Å². The second-order valence-electron chi connectivity index (χ2n) is 5.72. The highest BCUT2D eigenvalue weighted by atomic mass is 16.5. The molecule has 2 aromatic heterocycles. The fraction of sp³-hybridized carbons (Fsp3) is 0.222. The molecule has 26 heavy (non-hydrogen) atoms. The van der Waals surface area contributed by atoms with Crippen LogP contribution < -0.4 is 0 Å². The van der Waals surface area contributed by atoms with E-state index in [1.165, 1.54) is 16.7 Å². The van der Waals surface area contributed by atoms with Crippen LogP contribution in [0.2, 0.25) is 0 Å². The lowest BCUT2D eigenvalue weighted by molar-refractivity contribution is 0.0598. The Morgan fingerprint density at radius 1 is 1.27 bits per heavy atom. The summed E-state index contributed by atoms with van der Waals surface area (Å²) in [5, 5.41) is 7.92. The van der Waals surface area contributed by atoms with Crippen LogP contribution in [0, 0.1) is 6.92 Å². The molecule has 0 aliphatic rings. The molecule has 8 heteroatoms. The summed E-state index contributed by atoms with van der Waals surface area (Å²) in [6, 6.07) is 11.0. The van der Waals surface area contributed by atoms with Crippen LogP contribution in [0.3, 0.4) is 0 Å². The lowest BCUT2D eigenvalue weighted by Gasteiger charge is -2.13. The first kappa shape index (κ1) is 17.4. The third-order valence-electron chi connectivity index (χ3n) is 3.85. The van der Waals surface area contributed by atoms with Crippen molar-refractivity contribution < 1.29 is 18.7 Å². The van der Waals surface area contributed by atoms with Crippen molar-refractivity contribution in [3.8, 4) is 5.69 Å². The normalized spacial score (nSPS) is 10.6. The number of rotatable bonds is 5. The molecule has 0 saturated carbocycles. The fourth-order valence-electron chi connectivity index (χ4n) is 2.50. The van der Waals surface area contributed by atoms with Gasteiger partial charge >= 0.3 is 5.97 Å². The van der Waals surface area contributed by atoms with Crippen LogP contribution in [0.1, 0.15) is 32.4 Å². The van der Waals surface area contributed by atoms with E-state index in [0.29, 0.717) is 17.1 Å². The van der Waals surface area contributed by atoms with Crippen LogP contribution in [-0.4, -0.2) is 45.9 Å². The van der Waals surface area contributed by atoms with Crippen molar-refractivity contribution in [2.45, 2.75) is 13.5 Å². The number of esters is 1. The molecular weight excluding hydrogens is 336 g/mol. The van der Waals surface area contributed by atoms with Gasteiger partial charge in [-0.25, -0.2) is 9.48 Å². The number of hydrogen-bond donors (Lipinski definition) is 0. The molecule has 0 spiro atoms. The molecular formula is C18H18N4O4. The number of ether oxygens (including phenoxy) is 1. The highest BCUT2D eigenvalue weighted by Crippen LogP contribution is 2.17. The summed E-state index contributed by atoms with van der Waals surface area (Å²) in [6.45, 7) is 1.86. The molecule has 0 bridgehead atoms. The van der Waals surface area contributed by atoms with E-state index in [-0.39, 0.29) is 18.1 Å². The molecule has 2 heterocycles. The zero-order chi connectivity index (χ0) is 18.7. The molecule has 0 saturated heterocycles. The van der Waals surface area contributed by atoms with E-state index in [1.54, 1.807) is 26.2 Å². The van der Waals surface area contributed by atoms with E-state index in [1.807, 2.05) is 30.3 Å². The minimum absolute atomic E-state index is 0.189. The van der Waals surface area contributed by atoms with Gasteiger partial charge in [0.25, 0.3) is 5.91 Å². The van der Waals surface area contributed by atoms with Gasteiger partial charge < -0.3 is 14.1 Å². The maximum absolute atomic E-state index is 12.6. The van der Waals surface area contributed by atoms with Gasteiger partial charge in [0.1, 0.15) is 17.1 Å². The first-order valence-electron chi connectivity index (χ1n) is 7.90. The Hall–Kier alpha value is -3.42. The first-order chi connectivity index (χ1) is 12.5. The van der Waals surface area contributed by atoms with E-state index in [9.17, 15) is 9.59 Å². The number of aromatic nitrogens is 3. The molecule has 1 amide bonds. The zero-order valence-corrected chi connectivity index (χ0v) is 14.7. The fourth-order valence-corrected chi connectivity index (χ4v) is 2.50. The van der Waals surface area contributed by atoms with Gasteiger partial charge in [-0.2, -0.15) is 0 Å². The number of benzene rings is 1. The Kier molecular flexibility index (Phi) is 4.83. The highest BCUT2D eigenvalue weighted by molar-refractivity contribution is 5.92. The number of para-hydroxylation sites is 1. The minimum atomic E-state index is -0.475. The third-order valence-corrected chi connectivity index (χ3v) is 3.85. The maximum atomic E-state index is 12.6. The van der Waals surface area contributed by atoms with E-state index in [4.69, 9.17) is 9.15 Å². The number of aryl methyl sites for hydroxylation is 1. The smallest absolute Gasteiger partial charge is 0.341 e. The van der Waals surface area contributed by atoms with Crippen LogP contribution in [0.15, 0.2) is 47.0 Å².